The first kappa shape index (κ1) is 17.5. The van der Waals surface area contributed by atoms with Gasteiger partial charge in [0.05, 0.1) is 14.2 Å². The lowest BCUT2D eigenvalue weighted by Gasteiger charge is -2.18. The number of halogens is 3. The van der Waals surface area contributed by atoms with Crippen molar-refractivity contribution in [2.24, 2.45) is 5.84 Å². The number of rotatable bonds is 8. The first-order chi connectivity index (χ1) is 9.91. The standard InChI is InChI=1S/C13H19F3N2O3/c1-19-11-4-3-9(7-12(11)20-2)10(18-17)5-6-21-8-13(14,15)16/h3-4,7,10,18H,5-6,8,17H2,1-2H3. The number of nitrogens with one attached hydrogen (secondary N) is 1. The van der Waals surface area contributed by atoms with Crippen molar-refractivity contribution in [3.8, 4) is 11.5 Å². The fourth-order valence-corrected chi connectivity index (χ4v) is 1.80. The predicted octanol–water partition coefficient (Wildman–Crippen LogP) is 2.18. The normalized spacial score (nSPS) is 13.0. The minimum atomic E-state index is -4.32. The second kappa shape index (κ2) is 8.06. The van der Waals surface area contributed by atoms with E-state index >= 15 is 0 Å². The number of methoxy groups -OCH3 is 2. The molecule has 0 amide bonds. The van der Waals surface area contributed by atoms with Gasteiger partial charge in [-0.25, -0.2) is 0 Å². The number of hydrogen-bond acceptors (Lipinski definition) is 5. The van der Waals surface area contributed by atoms with E-state index in [1.807, 2.05) is 0 Å². The molecule has 120 valence electrons. The largest absolute Gasteiger partial charge is 0.493 e. The van der Waals surface area contributed by atoms with Crippen LogP contribution in [0, 0.1) is 0 Å². The quantitative estimate of drug-likeness (QED) is 0.438. The summed E-state index contributed by atoms with van der Waals surface area (Å²) in [4.78, 5) is 0. The highest BCUT2D eigenvalue weighted by Gasteiger charge is 2.27. The molecule has 0 aromatic heterocycles. The van der Waals surface area contributed by atoms with Gasteiger partial charge in [-0.15, -0.1) is 0 Å². The van der Waals surface area contributed by atoms with Gasteiger partial charge >= 0.3 is 6.18 Å². The highest BCUT2D eigenvalue weighted by Crippen LogP contribution is 2.30. The number of hydrogen-bond donors (Lipinski definition) is 2. The summed E-state index contributed by atoms with van der Waals surface area (Å²) in [5.41, 5.74) is 3.32. The fraction of sp³-hybridized carbons (Fsp3) is 0.538. The summed E-state index contributed by atoms with van der Waals surface area (Å²) in [5.74, 6) is 6.52. The number of benzene rings is 1. The highest BCUT2D eigenvalue weighted by molar-refractivity contribution is 5.43. The zero-order chi connectivity index (χ0) is 15.9. The molecule has 1 unspecified atom stereocenters. The van der Waals surface area contributed by atoms with Gasteiger partial charge in [0, 0.05) is 12.6 Å². The van der Waals surface area contributed by atoms with Crippen LogP contribution in [-0.2, 0) is 4.74 Å². The van der Waals surface area contributed by atoms with Gasteiger partial charge in [-0.05, 0) is 24.1 Å². The van der Waals surface area contributed by atoms with E-state index in [9.17, 15) is 13.2 Å². The van der Waals surface area contributed by atoms with E-state index in [1.54, 1.807) is 18.2 Å². The molecule has 0 radical (unpaired) electrons. The van der Waals surface area contributed by atoms with Gasteiger partial charge in [0.1, 0.15) is 6.61 Å². The van der Waals surface area contributed by atoms with Gasteiger partial charge in [-0.2, -0.15) is 13.2 Å². The molecule has 3 N–H and O–H groups in total. The Morgan fingerprint density at radius 3 is 2.38 bits per heavy atom. The maximum atomic E-state index is 12.0. The van der Waals surface area contributed by atoms with E-state index in [-0.39, 0.29) is 12.6 Å². The molecule has 0 fully saturated rings. The molecule has 0 heterocycles. The minimum Gasteiger partial charge on any atom is -0.493 e. The Morgan fingerprint density at radius 1 is 1.19 bits per heavy atom. The lowest BCUT2D eigenvalue weighted by atomic mass is 10.0. The molecule has 21 heavy (non-hydrogen) atoms. The van der Waals surface area contributed by atoms with Crippen molar-refractivity contribution < 1.29 is 27.4 Å². The molecule has 1 aromatic carbocycles. The Hall–Kier alpha value is -1.51. The summed E-state index contributed by atoms with van der Waals surface area (Å²) >= 11 is 0. The topological polar surface area (TPSA) is 65.7 Å². The molecule has 0 aliphatic rings. The summed E-state index contributed by atoms with van der Waals surface area (Å²) in [5, 5.41) is 0. The maximum absolute atomic E-state index is 12.0. The van der Waals surface area contributed by atoms with Crippen molar-refractivity contribution in [2.45, 2.75) is 18.6 Å². The molecule has 0 aliphatic carbocycles. The maximum Gasteiger partial charge on any atom is 0.411 e. The Bertz CT molecular complexity index is 441. The predicted molar refractivity (Wildman–Crippen MR) is 71.1 cm³/mol. The highest BCUT2D eigenvalue weighted by atomic mass is 19.4. The molecular formula is C13H19F3N2O3. The first-order valence-corrected chi connectivity index (χ1v) is 6.23. The second-order valence-electron chi connectivity index (χ2n) is 4.29. The average molecular weight is 308 g/mol. The zero-order valence-electron chi connectivity index (χ0n) is 11.9. The Kier molecular flexibility index (Phi) is 6.73. The van der Waals surface area contributed by atoms with Crippen molar-refractivity contribution >= 4 is 0 Å². The number of hydrazine groups is 1. The van der Waals surface area contributed by atoms with Crippen LogP contribution < -0.4 is 20.7 Å². The molecule has 0 saturated heterocycles. The Labute approximate surface area is 121 Å². The summed E-state index contributed by atoms with van der Waals surface area (Å²) in [6.45, 7) is -1.33. The van der Waals surface area contributed by atoms with Crippen molar-refractivity contribution in [1.82, 2.24) is 5.43 Å². The summed E-state index contributed by atoms with van der Waals surface area (Å²) < 4.78 is 50.8. The molecule has 1 rings (SSSR count). The SMILES string of the molecule is COc1ccc(C(CCOCC(F)(F)F)NN)cc1OC. The van der Waals surface area contributed by atoms with Crippen LogP contribution in [0.4, 0.5) is 13.2 Å². The van der Waals surface area contributed by atoms with Crippen LogP contribution >= 0.6 is 0 Å². The first-order valence-electron chi connectivity index (χ1n) is 6.23. The van der Waals surface area contributed by atoms with Crippen LogP contribution in [0.1, 0.15) is 18.0 Å². The third kappa shape index (κ3) is 5.78. The van der Waals surface area contributed by atoms with Crippen LogP contribution in [0.2, 0.25) is 0 Å². The van der Waals surface area contributed by atoms with E-state index < -0.39 is 12.8 Å². The smallest absolute Gasteiger partial charge is 0.411 e. The van der Waals surface area contributed by atoms with Gasteiger partial charge in [-0.1, -0.05) is 6.07 Å². The monoisotopic (exact) mass is 308 g/mol. The molecule has 1 aromatic rings. The molecular weight excluding hydrogens is 289 g/mol. The Balaban J connectivity index is 2.63. The summed E-state index contributed by atoms with van der Waals surface area (Å²) in [7, 11) is 3.01. The van der Waals surface area contributed by atoms with Gasteiger partial charge in [0.25, 0.3) is 0 Å². The van der Waals surface area contributed by atoms with Crippen molar-refractivity contribution in [1.29, 1.82) is 0 Å². The van der Waals surface area contributed by atoms with Crippen LogP contribution in [-0.4, -0.2) is 33.6 Å². The van der Waals surface area contributed by atoms with E-state index in [0.29, 0.717) is 17.9 Å². The average Bonchev–Trinajstić information content (AvgIpc) is 2.45. The van der Waals surface area contributed by atoms with E-state index in [1.165, 1.54) is 14.2 Å². The van der Waals surface area contributed by atoms with E-state index in [4.69, 9.17) is 15.3 Å². The van der Waals surface area contributed by atoms with Crippen LogP contribution in [0.25, 0.3) is 0 Å². The van der Waals surface area contributed by atoms with Gasteiger partial charge in [0.2, 0.25) is 0 Å². The number of ether oxygens (including phenoxy) is 3. The molecule has 0 saturated carbocycles. The van der Waals surface area contributed by atoms with E-state index in [0.717, 1.165) is 5.56 Å². The molecule has 0 bridgehead atoms. The van der Waals surface area contributed by atoms with Crippen LogP contribution in [0.15, 0.2) is 18.2 Å². The molecule has 8 heteroatoms. The van der Waals surface area contributed by atoms with Crippen LogP contribution in [0.3, 0.4) is 0 Å². The molecule has 5 nitrogen and oxygen atoms in total. The van der Waals surface area contributed by atoms with Gasteiger partial charge in [0.15, 0.2) is 11.5 Å². The number of nitrogens with two attached hydrogens (primary N) is 1. The number of alkyl halides is 3. The molecule has 0 spiro atoms. The second-order valence-corrected chi connectivity index (χ2v) is 4.29. The third-order valence-corrected chi connectivity index (χ3v) is 2.83. The zero-order valence-corrected chi connectivity index (χ0v) is 11.9. The fourth-order valence-electron chi connectivity index (χ4n) is 1.80. The Morgan fingerprint density at radius 2 is 1.86 bits per heavy atom. The molecule has 0 aliphatic heterocycles. The van der Waals surface area contributed by atoms with Crippen molar-refractivity contribution in [2.75, 3.05) is 27.4 Å². The minimum absolute atomic E-state index is 0.0667. The summed E-state index contributed by atoms with van der Waals surface area (Å²) in [6.07, 6.45) is -4.03. The van der Waals surface area contributed by atoms with Crippen LogP contribution in [0.5, 0.6) is 11.5 Å². The van der Waals surface area contributed by atoms with Crippen molar-refractivity contribution in [3.05, 3.63) is 23.8 Å². The van der Waals surface area contributed by atoms with Gasteiger partial charge in [-0.3, -0.25) is 11.3 Å². The lowest BCUT2D eigenvalue weighted by molar-refractivity contribution is -0.174. The van der Waals surface area contributed by atoms with E-state index in [2.05, 4.69) is 10.2 Å². The lowest BCUT2D eigenvalue weighted by Crippen LogP contribution is -2.29. The third-order valence-electron chi connectivity index (χ3n) is 2.83. The molecule has 1 atom stereocenters. The summed E-state index contributed by atoms with van der Waals surface area (Å²) in [6, 6.07) is 4.83. The van der Waals surface area contributed by atoms with Crippen molar-refractivity contribution in [3.63, 3.8) is 0 Å². The van der Waals surface area contributed by atoms with Gasteiger partial charge < -0.3 is 14.2 Å².